The normalized spacial score (nSPS) is 23.3. The molecule has 0 aliphatic carbocycles. The van der Waals surface area contributed by atoms with Crippen molar-refractivity contribution in [3.63, 3.8) is 0 Å². The molecule has 2 heteroatoms. The van der Waals surface area contributed by atoms with Crippen LogP contribution in [0.2, 0.25) is 0 Å². The Hall–Kier alpha value is -1.02. The van der Waals surface area contributed by atoms with Crippen molar-refractivity contribution in [2.75, 3.05) is 24.5 Å². The summed E-state index contributed by atoms with van der Waals surface area (Å²) in [6, 6.07) is 9.51. The number of benzene rings is 1. The highest BCUT2D eigenvalue weighted by atomic mass is 15.2. The molecular formula is C17H28N2. The van der Waals surface area contributed by atoms with E-state index in [2.05, 4.69) is 55.3 Å². The number of likely N-dealkylation sites (N-methyl/N-ethyl adjacent to an activating group) is 1. The zero-order valence-corrected chi connectivity index (χ0v) is 12.7. The fourth-order valence-electron chi connectivity index (χ4n) is 3.11. The second-order valence-corrected chi connectivity index (χ2v) is 5.83. The van der Waals surface area contributed by atoms with E-state index >= 15 is 0 Å². The number of piperidine rings is 1. The van der Waals surface area contributed by atoms with Gasteiger partial charge in [-0.15, -0.1) is 0 Å². The predicted molar refractivity (Wildman–Crippen MR) is 83.9 cm³/mol. The maximum absolute atomic E-state index is 3.69. The van der Waals surface area contributed by atoms with Crippen LogP contribution in [0.1, 0.15) is 38.7 Å². The average Bonchev–Trinajstić information content (AvgIpc) is 2.45. The highest BCUT2D eigenvalue weighted by Gasteiger charge is 2.21. The van der Waals surface area contributed by atoms with Crippen LogP contribution in [0.25, 0.3) is 0 Å². The molecule has 0 saturated carbocycles. The molecular weight excluding hydrogens is 232 g/mol. The largest absolute Gasteiger partial charge is 0.370 e. The van der Waals surface area contributed by atoms with Gasteiger partial charge in [-0.1, -0.05) is 25.5 Å². The molecule has 0 amide bonds. The molecule has 2 unspecified atom stereocenters. The number of hydrogen-bond donors (Lipinski definition) is 1. The van der Waals surface area contributed by atoms with Crippen molar-refractivity contribution in [3.8, 4) is 0 Å². The van der Waals surface area contributed by atoms with Gasteiger partial charge in [-0.3, -0.25) is 0 Å². The van der Waals surface area contributed by atoms with Gasteiger partial charge in [0.1, 0.15) is 0 Å². The Bertz CT molecular complexity index is 389. The summed E-state index contributed by atoms with van der Waals surface area (Å²) < 4.78 is 0. The number of rotatable bonds is 5. The van der Waals surface area contributed by atoms with E-state index in [1.807, 2.05) is 0 Å². The van der Waals surface area contributed by atoms with Crippen LogP contribution >= 0.6 is 0 Å². The smallest absolute Gasteiger partial charge is 0.0369 e. The summed E-state index contributed by atoms with van der Waals surface area (Å²) in [6.45, 7) is 10.2. The summed E-state index contributed by atoms with van der Waals surface area (Å²) in [5, 5.41) is 3.69. The minimum atomic E-state index is 0.652. The standard InChI is InChI=1S/C17H28N2/c1-4-15-9-10-18-16(12-15)13-19(5-2)17-8-6-7-14(3)11-17/h6-8,11,15-16,18H,4-5,9-10,12-13H2,1-3H3. The molecule has 2 atom stereocenters. The van der Waals surface area contributed by atoms with Gasteiger partial charge in [0, 0.05) is 24.8 Å². The van der Waals surface area contributed by atoms with Crippen LogP contribution in [-0.2, 0) is 0 Å². The number of nitrogens with zero attached hydrogens (tertiary/aromatic N) is 1. The quantitative estimate of drug-likeness (QED) is 0.870. The van der Waals surface area contributed by atoms with E-state index in [0.29, 0.717) is 6.04 Å². The summed E-state index contributed by atoms with van der Waals surface area (Å²) in [6.07, 6.45) is 4.01. The fourth-order valence-corrected chi connectivity index (χ4v) is 3.11. The third kappa shape index (κ3) is 3.97. The molecule has 1 saturated heterocycles. The van der Waals surface area contributed by atoms with Crippen LogP contribution in [0.4, 0.5) is 5.69 Å². The maximum atomic E-state index is 3.69. The molecule has 0 spiro atoms. The summed E-state index contributed by atoms with van der Waals surface area (Å²) >= 11 is 0. The van der Waals surface area contributed by atoms with Gasteiger partial charge in [-0.2, -0.15) is 0 Å². The lowest BCUT2D eigenvalue weighted by Crippen LogP contribution is -2.46. The molecule has 19 heavy (non-hydrogen) atoms. The predicted octanol–water partition coefficient (Wildman–Crippen LogP) is 3.60. The monoisotopic (exact) mass is 260 g/mol. The molecule has 1 aliphatic rings. The van der Waals surface area contributed by atoms with Crippen LogP contribution in [0.15, 0.2) is 24.3 Å². The molecule has 2 nitrogen and oxygen atoms in total. The number of anilines is 1. The SMILES string of the molecule is CCC1CCNC(CN(CC)c2cccc(C)c2)C1. The Kier molecular flexibility index (Phi) is 5.26. The van der Waals surface area contributed by atoms with Gasteiger partial charge in [-0.05, 0) is 56.8 Å². The zero-order valence-electron chi connectivity index (χ0n) is 12.7. The molecule has 1 fully saturated rings. The Morgan fingerprint density at radius 1 is 1.32 bits per heavy atom. The highest BCUT2D eigenvalue weighted by molar-refractivity contribution is 5.48. The second-order valence-electron chi connectivity index (χ2n) is 5.83. The molecule has 1 N–H and O–H groups in total. The van der Waals surface area contributed by atoms with Crippen LogP contribution in [0.3, 0.4) is 0 Å². The van der Waals surface area contributed by atoms with Crippen molar-refractivity contribution in [1.29, 1.82) is 0 Å². The molecule has 0 aromatic heterocycles. The van der Waals surface area contributed by atoms with E-state index in [1.54, 1.807) is 0 Å². The first-order valence-corrected chi connectivity index (χ1v) is 7.78. The Morgan fingerprint density at radius 2 is 2.16 bits per heavy atom. The van der Waals surface area contributed by atoms with E-state index in [4.69, 9.17) is 0 Å². The summed E-state index contributed by atoms with van der Waals surface area (Å²) in [5.74, 6) is 0.919. The lowest BCUT2D eigenvalue weighted by atomic mass is 9.90. The van der Waals surface area contributed by atoms with Crippen molar-refractivity contribution in [2.45, 2.75) is 46.1 Å². The molecule has 1 aromatic carbocycles. The zero-order chi connectivity index (χ0) is 13.7. The number of nitrogens with one attached hydrogen (secondary N) is 1. The van der Waals surface area contributed by atoms with E-state index in [0.717, 1.165) is 19.0 Å². The van der Waals surface area contributed by atoms with Gasteiger partial charge >= 0.3 is 0 Å². The highest BCUT2D eigenvalue weighted by Crippen LogP contribution is 2.22. The van der Waals surface area contributed by atoms with Crippen LogP contribution in [0, 0.1) is 12.8 Å². The Labute approximate surface area is 118 Å². The lowest BCUT2D eigenvalue weighted by Gasteiger charge is -2.34. The van der Waals surface area contributed by atoms with Gasteiger partial charge in [0.25, 0.3) is 0 Å². The topological polar surface area (TPSA) is 15.3 Å². The van der Waals surface area contributed by atoms with Crippen molar-refractivity contribution in [1.82, 2.24) is 5.32 Å². The summed E-state index contributed by atoms with van der Waals surface area (Å²) in [5.41, 5.74) is 2.71. The van der Waals surface area contributed by atoms with E-state index in [1.165, 1.54) is 37.1 Å². The van der Waals surface area contributed by atoms with Crippen molar-refractivity contribution in [3.05, 3.63) is 29.8 Å². The molecule has 1 aliphatic heterocycles. The molecule has 2 rings (SSSR count). The van der Waals surface area contributed by atoms with E-state index in [-0.39, 0.29) is 0 Å². The van der Waals surface area contributed by atoms with E-state index in [9.17, 15) is 0 Å². The van der Waals surface area contributed by atoms with Crippen LogP contribution < -0.4 is 10.2 Å². The molecule has 0 bridgehead atoms. The van der Waals surface area contributed by atoms with Gasteiger partial charge in [0.2, 0.25) is 0 Å². The van der Waals surface area contributed by atoms with Gasteiger partial charge < -0.3 is 10.2 Å². The van der Waals surface area contributed by atoms with Crippen LogP contribution in [0.5, 0.6) is 0 Å². The summed E-state index contributed by atoms with van der Waals surface area (Å²) in [4.78, 5) is 2.50. The lowest BCUT2D eigenvalue weighted by molar-refractivity contribution is 0.296. The molecule has 106 valence electrons. The first-order chi connectivity index (χ1) is 9.22. The third-order valence-corrected chi connectivity index (χ3v) is 4.37. The molecule has 0 radical (unpaired) electrons. The first-order valence-electron chi connectivity index (χ1n) is 7.78. The minimum absolute atomic E-state index is 0.652. The van der Waals surface area contributed by atoms with E-state index < -0.39 is 0 Å². The minimum Gasteiger partial charge on any atom is -0.370 e. The fraction of sp³-hybridized carbons (Fsp3) is 0.647. The van der Waals surface area contributed by atoms with Crippen molar-refractivity contribution in [2.24, 2.45) is 5.92 Å². The van der Waals surface area contributed by atoms with Crippen molar-refractivity contribution >= 4 is 5.69 Å². The molecule has 1 aromatic rings. The van der Waals surface area contributed by atoms with Gasteiger partial charge in [0.05, 0.1) is 0 Å². The summed E-state index contributed by atoms with van der Waals surface area (Å²) in [7, 11) is 0. The van der Waals surface area contributed by atoms with Gasteiger partial charge in [0.15, 0.2) is 0 Å². The van der Waals surface area contributed by atoms with Crippen molar-refractivity contribution < 1.29 is 0 Å². The van der Waals surface area contributed by atoms with Crippen LogP contribution in [-0.4, -0.2) is 25.7 Å². The first kappa shape index (κ1) is 14.4. The second kappa shape index (κ2) is 6.95. The van der Waals surface area contributed by atoms with Gasteiger partial charge in [-0.25, -0.2) is 0 Å². The number of aryl methyl sites for hydroxylation is 1. The Balaban J connectivity index is 1.99. The maximum Gasteiger partial charge on any atom is 0.0369 e. The third-order valence-electron chi connectivity index (χ3n) is 4.37. The Morgan fingerprint density at radius 3 is 2.84 bits per heavy atom. The molecule has 1 heterocycles. The number of hydrogen-bond acceptors (Lipinski definition) is 2. The average molecular weight is 260 g/mol.